The van der Waals surface area contributed by atoms with Crippen molar-refractivity contribution in [3.8, 4) is 0 Å². The summed E-state index contributed by atoms with van der Waals surface area (Å²) in [6, 6.07) is 7.83. The van der Waals surface area contributed by atoms with E-state index < -0.39 is 0 Å². The summed E-state index contributed by atoms with van der Waals surface area (Å²) in [4.78, 5) is 13.2. The number of para-hydroxylation sites is 1. The van der Waals surface area contributed by atoms with Crippen molar-refractivity contribution in [3.63, 3.8) is 0 Å². The molecule has 1 saturated heterocycles. The summed E-state index contributed by atoms with van der Waals surface area (Å²) in [6.45, 7) is 0.184. The van der Waals surface area contributed by atoms with E-state index in [4.69, 9.17) is 4.74 Å². The van der Waals surface area contributed by atoms with E-state index in [0.717, 1.165) is 11.3 Å². The number of amides is 1. The average molecular weight is 187 g/mol. The zero-order chi connectivity index (χ0) is 9.54. The van der Waals surface area contributed by atoms with Crippen LogP contribution in [-0.4, -0.2) is 18.7 Å². The Kier molecular flexibility index (Phi) is 1.49. The molecule has 14 heavy (non-hydrogen) atoms. The Morgan fingerprint density at radius 2 is 2.21 bits per heavy atom. The van der Waals surface area contributed by atoms with Crippen LogP contribution in [0.2, 0.25) is 0 Å². The maximum Gasteiger partial charge on any atom is 0.255 e. The van der Waals surface area contributed by atoms with E-state index in [1.54, 1.807) is 4.90 Å². The quantitative estimate of drug-likeness (QED) is 0.614. The summed E-state index contributed by atoms with van der Waals surface area (Å²) in [5.74, 6) is 0.0341. The van der Waals surface area contributed by atoms with Crippen LogP contribution in [0, 0.1) is 0 Å². The van der Waals surface area contributed by atoms with Gasteiger partial charge in [-0.05, 0) is 17.7 Å². The second-order valence-electron chi connectivity index (χ2n) is 3.38. The van der Waals surface area contributed by atoms with Crippen molar-refractivity contribution in [1.82, 2.24) is 0 Å². The van der Waals surface area contributed by atoms with Gasteiger partial charge in [0.2, 0.25) is 0 Å². The van der Waals surface area contributed by atoms with Crippen molar-refractivity contribution in [2.24, 2.45) is 0 Å². The van der Waals surface area contributed by atoms with Gasteiger partial charge in [0, 0.05) is 0 Å². The molecule has 1 amide bonds. The normalized spacial score (nSPS) is 23.6. The van der Waals surface area contributed by atoms with Crippen LogP contribution < -0.4 is 4.90 Å². The van der Waals surface area contributed by atoms with E-state index in [2.05, 4.69) is 0 Å². The molecule has 0 spiro atoms. The summed E-state index contributed by atoms with van der Waals surface area (Å²) in [7, 11) is 0. The molecule has 2 heterocycles. The van der Waals surface area contributed by atoms with E-state index >= 15 is 0 Å². The zero-order valence-electron chi connectivity index (χ0n) is 7.51. The lowest BCUT2D eigenvalue weighted by atomic mass is 10.1. The van der Waals surface area contributed by atoms with Crippen molar-refractivity contribution in [3.05, 3.63) is 35.9 Å². The molecule has 0 aliphatic carbocycles. The van der Waals surface area contributed by atoms with Crippen LogP contribution in [0.1, 0.15) is 5.56 Å². The molecule has 0 bridgehead atoms. The number of benzene rings is 1. The van der Waals surface area contributed by atoms with Gasteiger partial charge >= 0.3 is 0 Å². The van der Waals surface area contributed by atoms with Gasteiger partial charge in [-0.25, -0.2) is 0 Å². The lowest BCUT2D eigenvalue weighted by molar-refractivity contribution is -0.117. The Labute approximate surface area is 81.6 Å². The number of hydrogen-bond donors (Lipinski definition) is 0. The second-order valence-corrected chi connectivity index (χ2v) is 3.38. The van der Waals surface area contributed by atoms with Gasteiger partial charge in [0.15, 0.2) is 6.23 Å². The van der Waals surface area contributed by atoms with Gasteiger partial charge in [0.1, 0.15) is 6.61 Å². The van der Waals surface area contributed by atoms with Crippen LogP contribution in [0.5, 0.6) is 0 Å². The highest BCUT2D eigenvalue weighted by molar-refractivity contribution is 5.99. The van der Waals surface area contributed by atoms with Gasteiger partial charge in [0.05, 0.1) is 5.69 Å². The summed E-state index contributed by atoms with van der Waals surface area (Å²) in [6.07, 6.45) is 3.71. The predicted molar refractivity (Wildman–Crippen MR) is 52.7 cm³/mol. The van der Waals surface area contributed by atoms with Crippen LogP contribution in [0.3, 0.4) is 0 Å². The Balaban J connectivity index is 2.17. The number of nitrogens with zero attached hydrogens (tertiary/aromatic N) is 1. The molecule has 1 atom stereocenters. The monoisotopic (exact) mass is 187 g/mol. The highest BCUT2D eigenvalue weighted by Crippen LogP contribution is 2.31. The Morgan fingerprint density at radius 1 is 1.36 bits per heavy atom. The van der Waals surface area contributed by atoms with Gasteiger partial charge in [-0.15, -0.1) is 0 Å². The predicted octanol–water partition coefficient (Wildman–Crippen LogP) is 1.40. The van der Waals surface area contributed by atoms with E-state index in [9.17, 15) is 4.79 Å². The van der Waals surface area contributed by atoms with Gasteiger partial charge in [-0.1, -0.05) is 24.3 Å². The summed E-state index contributed by atoms with van der Waals surface area (Å²) >= 11 is 0. The smallest absolute Gasteiger partial charge is 0.255 e. The van der Waals surface area contributed by atoms with Gasteiger partial charge in [-0.2, -0.15) is 0 Å². The van der Waals surface area contributed by atoms with Crippen LogP contribution in [0.15, 0.2) is 30.3 Å². The number of carbonyl (C=O) groups is 1. The molecule has 2 aliphatic rings. The van der Waals surface area contributed by atoms with E-state index in [1.165, 1.54) is 0 Å². The van der Waals surface area contributed by atoms with Crippen LogP contribution in [0.4, 0.5) is 5.69 Å². The first-order valence-corrected chi connectivity index (χ1v) is 4.57. The first kappa shape index (κ1) is 7.76. The number of hydrogen-bond acceptors (Lipinski definition) is 2. The Bertz CT molecular complexity index is 425. The molecular weight excluding hydrogens is 178 g/mol. The fourth-order valence-corrected chi connectivity index (χ4v) is 1.89. The number of fused-ring (bicyclic) bond motifs is 3. The molecule has 0 radical (unpaired) electrons. The van der Waals surface area contributed by atoms with Crippen LogP contribution in [-0.2, 0) is 9.53 Å². The maximum atomic E-state index is 11.5. The highest BCUT2D eigenvalue weighted by Gasteiger charge is 2.34. The summed E-state index contributed by atoms with van der Waals surface area (Å²) in [5, 5.41) is 0. The Hall–Kier alpha value is -1.61. The van der Waals surface area contributed by atoms with Crippen LogP contribution in [0.25, 0.3) is 6.08 Å². The van der Waals surface area contributed by atoms with Crippen molar-refractivity contribution in [1.29, 1.82) is 0 Å². The maximum absolute atomic E-state index is 11.5. The fraction of sp³-hybridized carbons (Fsp3) is 0.182. The average Bonchev–Trinajstić information content (AvgIpc) is 2.61. The molecule has 1 fully saturated rings. The van der Waals surface area contributed by atoms with Gasteiger partial charge in [-0.3, -0.25) is 9.69 Å². The lowest BCUT2D eigenvalue weighted by Crippen LogP contribution is -2.34. The fourth-order valence-electron chi connectivity index (χ4n) is 1.89. The largest absolute Gasteiger partial charge is 0.344 e. The molecule has 0 saturated carbocycles. The molecule has 3 heteroatoms. The lowest BCUT2D eigenvalue weighted by Gasteiger charge is -2.25. The van der Waals surface area contributed by atoms with Crippen LogP contribution >= 0.6 is 0 Å². The Morgan fingerprint density at radius 3 is 3.14 bits per heavy atom. The number of ether oxygens (including phenoxy) is 1. The molecule has 2 aliphatic heterocycles. The third kappa shape index (κ3) is 0.930. The third-order valence-electron chi connectivity index (χ3n) is 2.54. The molecular formula is C11H9NO2. The van der Waals surface area contributed by atoms with E-state index in [0.29, 0.717) is 0 Å². The summed E-state index contributed by atoms with van der Waals surface area (Å²) < 4.78 is 5.32. The van der Waals surface area contributed by atoms with Crippen molar-refractivity contribution in [2.75, 3.05) is 11.5 Å². The third-order valence-corrected chi connectivity index (χ3v) is 2.54. The highest BCUT2D eigenvalue weighted by atomic mass is 16.5. The number of carbonyl (C=O) groups excluding carboxylic acids is 1. The molecule has 1 unspecified atom stereocenters. The van der Waals surface area contributed by atoms with Crippen molar-refractivity contribution in [2.45, 2.75) is 6.23 Å². The van der Waals surface area contributed by atoms with Crippen molar-refractivity contribution >= 4 is 17.7 Å². The van der Waals surface area contributed by atoms with Crippen molar-refractivity contribution < 1.29 is 9.53 Å². The topological polar surface area (TPSA) is 29.5 Å². The molecule has 1 aromatic carbocycles. The second kappa shape index (κ2) is 2.69. The summed E-state index contributed by atoms with van der Waals surface area (Å²) in [5.41, 5.74) is 2.02. The molecule has 3 rings (SSSR count). The zero-order valence-corrected chi connectivity index (χ0v) is 7.51. The van der Waals surface area contributed by atoms with Gasteiger partial charge in [0.25, 0.3) is 5.91 Å². The SMILES string of the molecule is O=C1COC2C=Cc3ccccc3N12. The minimum atomic E-state index is -0.197. The molecule has 3 nitrogen and oxygen atoms in total. The molecule has 0 aromatic heterocycles. The number of rotatable bonds is 0. The molecule has 70 valence electrons. The number of anilines is 1. The van der Waals surface area contributed by atoms with Gasteiger partial charge < -0.3 is 4.74 Å². The van der Waals surface area contributed by atoms with E-state index in [-0.39, 0.29) is 18.7 Å². The molecule has 0 N–H and O–H groups in total. The minimum absolute atomic E-state index is 0.0341. The minimum Gasteiger partial charge on any atom is -0.344 e. The standard InChI is InChI=1S/C11H9NO2/c13-10-7-14-11-6-5-8-3-1-2-4-9(8)12(10)11/h1-6,11H,7H2. The molecule has 1 aromatic rings. The first-order valence-electron chi connectivity index (χ1n) is 4.57. The van der Waals surface area contributed by atoms with E-state index in [1.807, 2.05) is 36.4 Å². The first-order chi connectivity index (χ1) is 6.86.